The molecule has 0 amide bonds. The van der Waals surface area contributed by atoms with Gasteiger partial charge in [-0.3, -0.25) is 0 Å². The van der Waals surface area contributed by atoms with Crippen molar-refractivity contribution in [3.63, 3.8) is 0 Å². The van der Waals surface area contributed by atoms with E-state index in [9.17, 15) is 0 Å². The molecule has 2 aliphatic rings. The van der Waals surface area contributed by atoms with Gasteiger partial charge in [-0.25, -0.2) is 9.97 Å². The minimum Gasteiger partial charge on any atom is -0.352 e. The predicted octanol–water partition coefficient (Wildman–Crippen LogP) is 0.927. The zero-order valence-corrected chi connectivity index (χ0v) is 11.0. The first-order valence-corrected chi connectivity index (χ1v) is 6.78. The summed E-state index contributed by atoms with van der Waals surface area (Å²) >= 11 is 0. The van der Waals surface area contributed by atoms with Crippen LogP contribution in [0, 0.1) is 6.92 Å². The lowest BCUT2D eigenvalue weighted by molar-refractivity contribution is 0.330. The van der Waals surface area contributed by atoms with Crippen LogP contribution in [0.3, 0.4) is 0 Å². The molecular weight excluding hydrogens is 240 g/mol. The summed E-state index contributed by atoms with van der Waals surface area (Å²) in [6.45, 7) is 3.86. The summed E-state index contributed by atoms with van der Waals surface area (Å²) in [5.74, 6) is 2.03. The quantitative estimate of drug-likeness (QED) is 0.800. The molecule has 0 atom stereocenters. The Bertz CT molecular complexity index is 600. The summed E-state index contributed by atoms with van der Waals surface area (Å²) in [5.41, 5.74) is 2.61. The largest absolute Gasteiger partial charge is 0.352 e. The van der Waals surface area contributed by atoms with Gasteiger partial charge in [0.1, 0.15) is 17.7 Å². The van der Waals surface area contributed by atoms with Crippen LogP contribution in [-0.4, -0.2) is 38.1 Å². The highest BCUT2D eigenvalue weighted by Gasteiger charge is 2.33. The van der Waals surface area contributed by atoms with Crippen molar-refractivity contribution >= 4 is 5.82 Å². The van der Waals surface area contributed by atoms with E-state index >= 15 is 0 Å². The molecule has 0 unspecified atom stereocenters. The Kier molecular flexibility index (Phi) is 2.30. The minimum atomic E-state index is 0.377. The molecule has 0 saturated carbocycles. The number of aromatic nitrogens is 5. The number of rotatable bonds is 2. The maximum absolute atomic E-state index is 4.65. The molecule has 1 saturated heterocycles. The van der Waals surface area contributed by atoms with E-state index in [1.54, 1.807) is 17.2 Å². The lowest BCUT2D eigenvalue weighted by atomic mass is 10.1. The lowest BCUT2D eigenvalue weighted by Crippen LogP contribution is -2.49. The van der Waals surface area contributed by atoms with E-state index < -0.39 is 0 Å². The van der Waals surface area contributed by atoms with Crippen molar-refractivity contribution in [1.29, 1.82) is 0 Å². The van der Waals surface area contributed by atoms with Crippen LogP contribution in [0.5, 0.6) is 0 Å². The fourth-order valence-electron chi connectivity index (χ4n) is 2.98. The fraction of sp³-hybridized carbons (Fsp3) is 0.538. The highest BCUT2D eigenvalue weighted by molar-refractivity contribution is 5.53. The highest BCUT2D eigenvalue weighted by atomic mass is 15.5. The van der Waals surface area contributed by atoms with Crippen LogP contribution in [0.15, 0.2) is 12.4 Å². The molecule has 0 radical (unpaired) electrons. The molecule has 1 aliphatic heterocycles. The van der Waals surface area contributed by atoms with E-state index in [2.05, 4.69) is 25.1 Å². The van der Waals surface area contributed by atoms with E-state index in [4.69, 9.17) is 0 Å². The third kappa shape index (κ3) is 1.70. The van der Waals surface area contributed by atoms with Gasteiger partial charge in [0.15, 0.2) is 0 Å². The average Bonchev–Trinajstić information content (AvgIpc) is 2.96. The molecule has 19 heavy (non-hydrogen) atoms. The van der Waals surface area contributed by atoms with Crippen LogP contribution < -0.4 is 4.90 Å². The fourth-order valence-corrected chi connectivity index (χ4v) is 2.98. The molecular formula is C13H16N6. The predicted molar refractivity (Wildman–Crippen MR) is 70.1 cm³/mol. The first kappa shape index (κ1) is 10.9. The summed E-state index contributed by atoms with van der Waals surface area (Å²) < 4.78 is 0. The maximum Gasteiger partial charge on any atom is 0.135 e. The van der Waals surface area contributed by atoms with Crippen molar-refractivity contribution in [3.8, 4) is 0 Å². The molecule has 0 bridgehead atoms. The van der Waals surface area contributed by atoms with Gasteiger partial charge in [0.05, 0.1) is 12.4 Å². The van der Waals surface area contributed by atoms with Crippen LogP contribution in [0.2, 0.25) is 0 Å². The third-order valence-corrected chi connectivity index (χ3v) is 3.95. The Morgan fingerprint density at radius 1 is 1.11 bits per heavy atom. The maximum atomic E-state index is 4.65. The minimum absolute atomic E-state index is 0.377. The topological polar surface area (TPSA) is 59.7 Å². The zero-order chi connectivity index (χ0) is 12.8. The smallest absolute Gasteiger partial charge is 0.135 e. The van der Waals surface area contributed by atoms with E-state index in [1.807, 2.05) is 6.92 Å². The second-order valence-electron chi connectivity index (χ2n) is 5.28. The summed E-state index contributed by atoms with van der Waals surface area (Å²) in [5, 5.41) is 8.41. The van der Waals surface area contributed by atoms with Gasteiger partial charge in [-0.2, -0.15) is 15.0 Å². The Labute approximate surface area is 111 Å². The van der Waals surface area contributed by atoms with Gasteiger partial charge < -0.3 is 4.90 Å². The van der Waals surface area contributed by atoms with Crippen LogP contribution in [0.4, 0.5) is 5.82 Å². The molecule has 4 rings (SSSR count). The van der Waals surface area contributed by atoms with Crippen molar-refractivity contribution in [2.45, 2.75) is 32.2 Å². The van der Waals surface area contributed by atoms with Crippen LogP contribution in [-0.2, 0) is 12.8 Å². The van der Waals surface area contributed by atoms with Gasteiger partial charge >= 0.3 is 0 Å². The summed E-state index contributed by atoms with van der Waals surface area (Å²) in [6.07, 6.45) is 6.89. The van der Waals surface area contributed by atoms with Crippen molar-refractivity contribution in [2.75, 3.05) is 18.0 Å². The summed E-state index contributed by atoms with van der Waals surface area (Å²) in [7, 11) is 0. The molecule has 0 spiro atoms. The van der Waals surface area contributed by atoms with Crippen molar-refractivity contribution in [3.05, 3.63) is 29.5 Å². The van der Waals surface area contributed by atoms with Crippen LogP contribution in [0.1, 0.15) is 29.5 Å². The third-order valence-electron chi connectivity index (χ3n) is 3.95. The molecule has 2 aromatic rings. The SMILES string of the molecule is Cc1nc2c(c(N3CC(n4nccn4)C3)n1)CCC2. The first-order chi connectivity index (χ1) is 9.31. The number of anilines is 1. The monoisotopic (exact) mass is 256 g/mol. The molecule has 3 heterocycles. The number of hydrogen-bond acceptors (Lipinski definition) is 5. The average molecular weight is 256 g/mol. The van der Waals surface area contributed by atoms with E-state index in [1.165, 1.54) is 17.7 Å². The van der Waals surface area contributed by atoms with E-state index in [0.717, 1.165) is 37.6 Å². The standard InChI is InChI=1S/C13H16N6/c1-9-16-12-4-2-3-11(12)13(17-9)18-7-10(8-18)19-14-5-6-15-19/h5-6,10H,2-4,7-8H2,1H3. The second kappa shape index (κ2) is 4.01. The molecule has 0 aromatic carbocycles. The number of fused-ring (bicyclic) bond motifs is 1. The van der Waals surface area contributed by atoms with Gasteiger partial charge in [-0.15, -0.1) is 0 Å². The summed E-state index contributed by atoms with van der Waals surface area (Å²) in [6, 6.07) is 0.377. The zero-order valence-electron chi connectivity index (χ0n) is 11.0. The number of aryl methyl sites for hydroxylation is 2. The van der Waals surface area contributed by atoms with Gasteiger partial charge in [-0.1, -0.05) is 0 Å². The Balaban J connectivity index is 1.59. The van der Waals surface area contributed by atoms with E-state index in [0.29, 0.717) is 6.04 Å². The summed E-state index contributed by atoms with van der Waals surface area (Å²) in [4.78, 5) is 13.3. The van der Waals surface area contributed by atoms with Gasteiger partial charge in [0, 0.05) is 24.3 Å². The van der Waals surface area contributed by atoms with Crippen LogP contribution >= 0.6 is 0 Å². The lowest BCUT2D eigenvalue weighted by Gasteiger charge is -2.40. The molecule has 2 aromatic heterocycles. The Morgan fingerprint density at radius 2 is 1.89 bits per heavy atom. The number of hydrogen-bond donors (Lipinski definition) is 0. The number of nitrogens with zero attached hydrogens (tertiary/aromatic N) is 6. The normalized spacial score (nSPS) is 18.5. The van der Waals surface area contributed by atoms with Crippen molar-refractivity contribution in [2.24, 2.45) is 0 Å². The molecule has 1 fully saturated rings. The van der Waals surface area contributed by atoms with Gasteiger partial charge in [0.2, 0.25) is 0 Å². The molecule has 0 N–H and O–H groups in total. The van der Waals surface area contributed by atoms with Gasteiger partial charge in [0.25, 0.3) is 0 Å². The van der Waals surface area contributed by atoms with Crippen molar-refractivity contribution in [1.82, 2.24) is 25.0 Å². The molecule has 98 valence electrons. The Hall–Kier alpha value is -1.98. The van der Waals surface area contributed by atoms with Crippen LogP contribution in [0.25, 0.3) is 0 Å². The van der Waals surface area contributed by atoms with E-state index in [-0.39, 0.29) is 0 Å². The molecule has 6 heteroatoms. The van der Waals surface area contributed by atoms with Gasteiger partial charge in [-0.05, 0) is 26.2 Å². The first-order valence-electron chi connectivity index (χ1n) is 6.78. The Morgan fingerprint density at radius 3 is 2.68 bits per heavy atom. The second-order valence-corrected chi connectivity index (χ2v) is 5.28. The molecule has 6 nitrogen and oxygen atoms in total. The van der Waals surface area contributed by atoms with Crippen molar-refractivity contribution < 1.29 is 0 Å². The highest BCUT2D eigenvalue weighted by Crippen LogP contribution is 2.33. The molecule has 1 aliphatic carbocycles.